The lowest BCUT2D eigenvalue weighted by molar-refractivity contribution is -0.135. The molecule has 90 valence electrons. The molecule has 0 saturated heterocycles. The quantitative estimate of drug-likeness (QED) is 0.834. The molecule has 0 aromatic heterocycles. The molecular weight excluding hydrogens is 226 g/mol. The Kier molecular flexibility index (Phi) is 3.86. The molecule has 0 saturated carbocycles. The molecule has 0 spiro atoms. The van der Waals surface area contributed by atoms with E-state index < -0.39 is 5.97 Å². The highest BCUT2D eigenvalue weighted by Crippen LogP contribution is 2.10. The van der Waals surface area contributed by atoms with E-state index in [1.807, 2.05) is 60.7 Å². The summed E-state index contributed by atoms with van der Waals surface area (Å²) in [7, 11) is 0. The molecule has 0 amide bonds. The summed E-state index contributed by atoms with van der Waals surface area (Å²) >= 11 is 0. The van der Waals surface area contributed by atoms with Crippen LogP contribution >= 0.6 is 0 Å². The van der Waals surface area contributed by atoms with E-state index in [0.717, 1.165) is 11.1 Å². The second-order valence-electron chi connectivity index (χ2n) is 3.79. The Hall–Kier alpha value is -2.42. The van der Waals surface area contributed by atoms with Gasteiger partial charge in [0.15, 0.2) is 0 Å². The smallest absolute Gasteiger partial charge is 0.325 e. The number of carboxylic acid groups (broad SMARTS) is 1. The number of hydrogen-bond donors (Lipinski definition) is 1. The lowest BCUT2D eigenvalue weighted by atomic mass is 10.0. The molecule has 2 rings (SSSR count). The molecule has 0 radical (unpaired) electrons. The summed E-state index contributed by atoms with van der Waals surface area (Å²) in [5.41, 5.74) is 2.55. The van der Waals surface area contributed by atoms with Gasteiger partial charge < -0.3 is 5.11 Å². The number of aliphatic carboxylic acids is 1. The van der Waals surface area contributed by atoms with Crippen LogP contribution in [-0.2, 0) is 4.79 Å². The Bertz CT molecular complexity index is 506. The second kappa shape index (κ2) is 5.77. The highest BCUT2D eigenvalue weighted by molar-refractivity contribution is 6.13. The van der Waals surface area contributed by atoms with Gasteiger partial charge in [0.2, 0.25) is 0 Å². The van der Waals surface area contributed by atoms with Crippen LogP contribution in [0.1, 0.15) is 11.1 Å². The minimum Gasteiger partial charge on any atom is -0.480 e. The van der Waals surface area contributed by atoms with Crippen LogP contribution < -0.4 is 0 Å². The highest BCUT2D eigenvalue weighted by atomic mass is 16.4. The standard InChI is InChI=1S/C15H13NO2/c17-14(18)11-16-15(12-7-3-1-4-8-12)13-9-5-2-6-10-13/h1-10H,11H2,(H,17,18). The molecule has 1 N–H and O–H groups in total. The van der Waals surface area contributed by atoms with Crippen LogP contribution in [0.4, 0.5) is 0 Å². The van der Waals surface area contributed by atoms with Gasteiger partial charge in [-0.05, 0) is 0 Å². The minimum absolute atomic E-state index is 0.223. The van der Waals surface area contributed by atoms with Gasteiger partial charge in [0.05, 0.1) is 5.71 Å². The van der Waals surface area contributed by atoms with Crippen molar-refractivity contribution in [1.29, 1.82) is 0 Å². The van der Waals surface area contributed by atoms with E-state index in [-0.39, 0.29) is 6.54 Å². The molecular formula is C15H13NO2. The Morgan fingerprint density at radius 3 is 1.72 bits per heavy atom. The average molecular weight is 239 g/mol. The predicted molar refractivity (Wildman–Crippen MR) is 71.0 cm³/mol. The molecule has 0 heterocycles. The lowest BCUT2D eigenvalue weighted by Gasteiger charge is -2.06. The van der Waals surface area contributed by atoms with Gasteiger partial charge in [-0.15, -0.1) is 0 Å². The van der Waals surface area contributed by atoms with Gasteiger partial charge in [0.25, 0.3) is 0 Å². The fourth-order valence-electron chi connectivity index (χ4n) is 1.69. The molecule has 0 aliphatic heterocycles. The third-order valence-electron chi connectivity index (χ3n) is 2.47. The SMILES string of the molecule is O=C(O)CN=C(c1ccccc1)c1ccccc1. The number of nitrogens with zero attached hydrogens (tertiary/aromatic N) is 1. The Balaban J connectivity index is 2.42. The van der Waals surface area contributed by atoms with E-state index in [9.17, 15) is 4.79 Å². The number of benzene rings is 2. The van der Waals surface area contributed by atoms with Gasteiger partial charge in [-0.1, -0.05) is 60.7 Å². The Labute approximate surface area is 105 Å². The third-order valence-corrected chi connectivity index (χ3v) is 2.47. The summed E-state index contributed by atoms with van der Waals surface area (Å²) in [6, 6.07) is 19.2. The van der Waals surface area contributed by atoms with Crippen LogP contribution in [0.2, 0.25) is 0 Å². The van der Waals surface area contributed by atoms with Crippen LogP contribution in [-0.4, -0.2) is 23.3 Å². The monoisotopic (exact) mass is 239 g/mol. The van der Waals surface area contributed by atoms with Gasteiger partial charge in [-0.2, -0.15) is 0 Å². The summed E-state index contributed by atoms with van der Waals surface area (Å²) in [6.45, 7) is -0.223. The predicted octanol–water partition coefficient (Wildman–Crippen LogP) is 2.61. The Morgan fingerprint density at radius 1 is 0.889 bits per heavy atom. The van der Waals surface area contributed by atoms with E-state index in [0.29, 0.717) is 5.71 Å². The molecule has 2 aromatic carbocycles. The normalized spacial score (nSPS) is 9.78. The fourth-order valence-corrected chi connectivity index (χ4v) is 1.69. The van der Waals surface area contributed by atoms with E-state index in [2.05, 4.69) is 4.99 Å². The zero-order valence-corrected chi connectivity index (χ0v) is 9.78. The van der Waals surface area contributed by atoms with Crippen molar-refractivity contribution in [3.8, 4) is 0 Å². The molecule has 0 fully saturated rings. The van der Waals surface area contributed by atoms with Gasteiger partial charge in [-0.25, -0.2) is 0 Å². The van der Waals surface area contributed by atoms with E-state index >= 15 is 0 Å². The number of carbonyl (C=O) groups is 1. The summed E-state index contributed by atoms with van der Waals surface area (Å²) in [4.78, 5) is 14.8. The largest absolute Gasteiger partial charge is 0.480 e. The van der Waals surface area contributed by atoms with Gasteiger partial charge >= 0.3 is 5.97 Å². The van der Waals surface area contributed by atoms with Gasteiger partial charge in [0, 0.05) is 11.1 Å². The third kappa shape index (κ3) is 3.04. The van der Waals surface area contributed by atoms with Gasteiger partial charge in [-0.3, -0.25) is 9.79 Å². The number of rotatable bonds is 4. The maximum Gasteiger partial charge on any atom is 0.325 e. The molecule has 0 atom stereocenters. The molecule has 0 aliphatic carbocycles. The molecule has 0 bridgehead atoms. The van der Waals surface area contributed by atoms with Crippen molar-refractivity contribution in [2.75, 3.05) is 6.54 Å². The first-order valence-electron chi connectivity index (χ1n) is 5.64. The van der Waals surface area contributed by atoms with E-state index in [1.165, 1.54) is 0 Å². The van der Waals surface area contributed by atoms with Crippen molar-refractivity contribution in [1.82, 2.24) is 0 Å². The maximum atomic E-state index is 10.7. The zero-order valence-electron chi connectivity index (χ0n) is 9.78. The molecule has 0 unspecified atom stereocenters. The number of carboxylic acids is 1. The van der Waals surface area contributed by atoms with Crippen LogP contribution in [0, 0.1) is 0 Å². The van der Waals surface area contributed by atoms with Crippen molar-refractivity contribution < 1.29 is 9.90 Å². The molecule has 3 nitrogen and oxygen atoms in total. The first kappa shape index (κ1) is 12.0. The maximum absolute atomic E-state index is 10.7. The van der Waals surface area contributed by atoms with Crippen LogP contribution in [0.25, 0.3) is 0 Å². The zero-order chi connectivity index (χ0) is 12.8. The van der Waals surface area contributed by atoms with Crippen molar-refractivity contribution in [2.24, 2.45) is 4.99 Å². The minimum atomic E-state index is -0.931. The van der Waals surface area contributed by atoms with Crippen molar-refractivity contribution in [2.45, 2.75) is 0 Å². The summed E-state index contributed by atoms with van der Waals surface area (Å²) in [6.07, 6.45) is 0. The molecule has 18 heavy (non-hydrogen) atoms. The van der Waals surface area contributed by atoms with E-state index in [4.69, 9.17) is 5.11 Å². The second-order valence-corrected chi connectivity index (χ2v) is 3.79. The number of aliphatic imine (C=N–C) groups is 1. The first-order valence-corrected chi connectivity index (χ1v) is 5.64. The Morgan fingerprint density at radius 2 is 1.33 bits per heavy atom. The summed E-state index contributed by atoms with van der Waals surface area (Å²) in [5.74, 6) is -0.931. The summed E-state index contributed by atoms with van der Waals surface area (Å²) < 4.78 is 0. The summed E-state index contributed by atoms with van der Waals surface area (Å²) in [5, 5.41) is 8.75. The van der Waals surface area contributed by atoms with Crippen LogP contribution in [0.5, 0.6) is 0 Å². The van der Waals surface area contributed by atoms with E-state index in [1.54, 1.807) is 0 Å². The topological polar surface area (TPSA) is 49.7 Å². The molecule has 2 aromatic rings. The molecule has 0 aliphatic rings. The van der Waals surface area contributed by atoms with Gasteiger partial charge in [0.1, 0.15) is 6.54 Å². The first-order chi connectivity index (χ1) is 8.77. The van der Waals surface area contributed by atoms with Crippen molar-refractivity contribution in [3.63, 3.8) is 0 Å². The average Bonchev–Trinajstić information content (AvgIpc) is 2.41. The highest BCUT2D eigenvalue weighted by Gasteiger charge is 2.06. The molecule has 3 heteroatoms. The van der Waals surface area contributed by atoms with Crippen LogP contribution in [0.15, 0.2) is 65.7 Å². The van der Waals surface area contributed by atoms with Crippen LogP contribution in [0.3, 0.4) is 0 Å². The fraction of sp³-hybridized carbons (Fsp3) is 0.0667. The lowest BCUT2D eigenvalue weighted by Crippen LogP contribution is -2.08. The van der Waals surface area contributed by atoms with Crippen molar-refractivity contribution >= 4 is 11.7 Å². The van der Waals surface area contributed by atoms with Crippen molar-refractivity contribution in [3.05, 3.63) is 71.8 Å². The number of hydrogen-bond acceptors (Lipinski definition) is 2.